The Kier molecular flexibility index (Phi) is 4.80. The normalized spacial score (nSPS) is 12.3. The summed E-state index contributed by atoms with van der Waals surface area (Å²) in [4.78, 5) is 11.5. The van der Waals surface area contributed by atoms with Crippen molar-refractivity contribution < 1.29 is 14.3 Å². The number of carbonyl (C=O) groups is 1. The van der Waals surface area contributed by atoms with Crippen molar-refractivity contribution in [3.63, 3.8) is 0 Å². The van der Waals surface area contributed by atoms with Gasteiger partial charge >= 0.3 is 5.97 Å². The Balaban J connectivity index is 2.84. The SMILES string of the molecule is COC(=O)C(Oc1ccccc1Br)C(C)C. The molecule has 0 amide bonds. The van der Waals surface area contributed by atoms with Crippen LogP contribution in [0, 0.1) is 5.92 Å². The highest BCUT2D eigenvalue weighted by Crippen LogP contribution is 2.26. The van der Waals surface area contributed by atoms with Gasteiger partial charge in [-0.15, -0.1) is 0 Å². The summed E-state index contributed by atoms with van der Waals surface area (Å²) >= 11 is 3.37. The van der Waals surface area contributed by atoms with Crippen LogP contribution < -0.4 is 4.74 Å². The number of hydrogen-bond acceptors (Lipinski definition) is 3. The third-order valence-electron chi connectivity index (χ3n) is 2.13. The first-order valence-corrected chi connectivity index (χ1v) is 5.84. The summed E-state index contributed by atoms with van der Waals surface area (Å²) in [5, 5.41) is 0. The molecule has 0 bridgehead atoms. The van der Waals surface area contributed by atoms with Crippen molar-refractivity contribution in [2.75, 3.05) is 7.11 Å². The minimum atomic E-state index is -0.580. The standard InChI is InChI=1S/C12H15BrO3/c1-8(2)11(12(14)15-3)16-10-7-5-4-6-9(10)13/h4-8,11H,1-3H3. The van der Waals surface area contributed by atoms with Gasteiger partial charge in [-0.1, -0.05) is 26.0 Å². The summed E-state index contributed by atoms with van der Waals surface area (Å²) in [6, 6.07) is 7.42. The molecular weight excluding hydrogens is 272 g/mol. The van der Waals surface area contributed by atoms with Gasteiger partial charge in [0, 0.05) is 5.92 Å². The molecule has 1 unspecified atom stereocenters. The highest BCUT2D eigenvalue weighted by atomic mass is 79.9. The second-order valence-electron chi connectivity index (χ2n) is 3.74. The van der Waals surface area contributed by atoms with E-state index in [0.29, 0.717) is 5.75 Å². The lowest BCUT2D eigenvalue weighted by molar-refractivity contribution is -0.150. The van der Waals surface area contributed by atoms with E-state index in [-0.39, 0.29) is 11.9 Å². The number of methoxy groups -OCH3 is 1. The quantitative estimate of drug-likeness (QED) is 0.798. The van der Waals surface area contributed by atoms with E-state index in [1.54, 1.807) is 0 Å². The lowest BCUT2D eigenvalue weighted by Crippen LogP contribution is -2.33. The van der Waals surface area contributed by atoms with Crippen LogP contribution in [-0.4, -0.2) is 19.2 Å². The molecule has 3 nitrogen and oxygen atoms in total. The molecule has 16 heavy (non-hydrogen) atoms. The predicted octanol–water partition coefficient (Wildman–Crippen LogP) is 3.03. The molecular formula is C12H15BrO3. The lowest BCUT2D eigenvalue weighted by atomic mass is 10.1. The average Bonchev–Trinajstić information content (AvgIpc) is 2.26. The van der Waals surface area contributed by atoms with Crippen LogP contribution in [0.4, 0.5) is 0 Å². The van der Waals surface area contributed by atoms with Crippen LogP contribution in [0.15, 0.2) is 28.7 Å². The molecule has 0 radical (unpaired) electrons. The number of hydrogen-bond donors (Lipinski definition) is 0. The Hall–Kier alpha value is -1.03. The van der Waals surface area contributed by atoms with Gasteiger partial charge in [-0.25, -0.2) is 4.79 Å². The predicted molar refractivity (Wildman–Crippen MR) is 65.4 cm³/mol. The Labute approximate surface area is 104 Å². The van der Waals surface area contributed by atoms with Gasteiger partial charge in [0.1, 0.15) is 5.75 Å². The van der Waals surface area contributed by atoms with E-state index in [4.69, 9.17) is 9.47 Å². The van der Waals surface area contributed by atoms with Crippen molar-refractivity contribution in [3.05, 3.63) is 28.7 Å². The van der Waals surface area contributed by atoms with Crippen molar-refractivity contribution in [3.8, 4) is 5.75 Å². The van der Waals surface area contributed by atoms with Gasteiger partial charge in [-0.05, 0) is 28.1 Å². The zero-order chi connectivity index (χ0) is 12.1. The van der Waals surface area contributed by atoms with Crippen LogP contribution in [0.3, 0.4) is 0 Å². The molecule has 0 heterocycles. The van der Waals surface area contributed by atoms with Crippen molar-refractivity contribution in [2.45, 2.75) is 20.0 Å². The van der Waals surface area contributed by atoms with Crippen molar-refractivity contribution in [1.82, 2.24) is 0 Å². The second kappa shape index (κ2) is 5.89. The maximum atomic E-state index is 11.5. The van der Waals surface area contributed by atoms with Gasteiger partial charge in [0.2, 0.25) is 0 Å². The summed E-state index contributed by atoms with van der Waals surface area (Å²) in [5.74, 6) is 0.344. The van der Waals surface area contributed by atoms with Crippen molar-refractivity contribution in [2.24, 2.45) is 5.92 Å². The number of benzene rings is 1. The fraction of sp³-hybridized carbons (Fsp3) is 0.417. The van der Waals surface area contributed by atoms with Crippen LogP contribution in [0.1, 0.15) is 13.8 Å². The third-order valence-corrected chi connectivity index (χ3v) is 2.78. The van der Waals surface area contributed by atoms with Gasteiger partial charge in [0.15, 0.2) is 6.10 Å². The Morgan fingerprint density at radius 1 is 1.31 bits per heavy atom. The minimum Gasteiger partial charge on any atom is -0.477 e. The first kappa shape index (κ1) is 13.0. The van der Waals surface area contributed by atoms with Gasteiger partial charge < -0.3 is 9.47 Å². The van der Waals surface area contributed by atoms with Crippen LogP contribution in [-0.2, 0) is 9.53 Å². The largest absolute Gasteiger partial charge is 0.477 e. The highest BCUT2D eigenvalue weighted by Gasteiger charge is 2.25. The Morgan fingerprint density at radius 3 is 2.44 bits per heavy atom. The number of para-hydroxylation sites is 1. The van der Waals surface area contributed by atoms with E-state index in [1.165, 1.54) is 7.11 Å². The molecule has 1 aromatic rings. The zero-order valence-corrected chi connectivity index (χ0v) is 11.2. The Bertz CT molecular complexity index is 363. The van der Waals surface area contributed by atoms with Crippen LogP contribution in [0.5, 0.6) is 5.75 Å². The molecule has 0 aromatic heterocycles. The molecule has 0 spiro atoms. The molecule has 0 fully saturated rings. The molecule has 0 aliphatic rings. The molecule has 0 aliphatic carbocycles. The fourth-order valence-electron chi connectivity index (χ4n) is 1.25. The van der Waals surface area contributed by atoms with Gasteiger partial charge in [-0.2, -0.15) is 0 Å². The molecule has 1 aromatic carbocycles. The maximum Gasteiger partial charge on any atom is 0.347 e. The van der Waals surface area contributed by atoms with Crippen molar-refractivity contribution >= 4 is 21.9 Å². The third kappa shape index (κ3) is 3.23. The molecule has 1 rings (SSSR count). The van der Waals surface area contributed by atoms with Crippen LogP contribution in [0.25, 0.3) is 0 Å². The summed E-state index contributed by atoms with van der Waals surface area (Å²) < 4.78 is 11.2. The molecule has 0 saturated carbocycles. The highest BCUT2D eigenvalue weighted by molar-refractivity contribution is 9.10. The average molecular weight is 287 g/mol. The van der Waals surface area contributed by atoms with Gasteiger partial charge in [0.25, 0.3) is 0 Å². The molecule has 0 aliphatic heterocycles. The van der Waals surface area contributed by atoms with Crippen LogP contribution >= 0.6 is 15.9 Å². The number of ether oxygens (including phenoxy) is 2. The van der Waals surface area contributed by atoms with Crippen molar-refractivity contribution in [1.29, 1.82) is 0 Å². The minimum absolute atomic E-state index is 0.0551. The topological polar surface area (TPSA) is 35.5 Å². The monoisotopic (exact) mass is 286 g/mol. The first-order chi connectivity index (χ1) is 7.56. The van der Waals surface area contributed by atoms with E-state index in [0.717, 1.165) is 4.47 Å². The number of halogens is 1. The van der Waals surface area contributed by atoms with Gasteiger partial charge in [0.05, 0.1) is 11.6 Å². The van der Waals surface area contributed by atoms with E-state index in [9.17, 15) is 4.79 Å². The number of rotatable bonds is 4. The van der Waals surface area contributed by atoms with Gasteiger partial charge in [-0.3, -0.25) is 0 Å². The lowest BCUT2D eigenvalue weighted by Gasteiger charge is -2.20. The van der Waals surface area contributed by atoms with E-state index < -0.39 is 6.10 Å². The fourth-order valence-corrected chi connectivity index (χ4v) is 1.63. The van der Waals surface area contributed by atoms with E-state index >= 15 is 0 Å². The van der Waals surface area contributed by atoms with Crippen LogP contribution in [0.2, 0.25) is 0 Å². The molecule has 0 N–H and O–H groups in total. The molecule has 1 atom stereocenters. The maximum absolute atomic E-state index is 11.5. The summed E-state index contributed by atoms with van der Waals surface area (Å²) in [6.45, 7) is 3.83. The molecule has 4 heteroatoms. The molecule has 88 valence electrons. The summed E-state index contributed by atoms with van der Waals surface area (Å²) in [7, 11) is 1.36. The first-order valence-electron chi connectivity index (χ1n) is 5.05. The summed E-state index contributed by atoms with van der Waals surface area (Å²) in [5.41, 5.74) is 0. The van der Waals surface area contributed by atoms with E-state index in [2.05, 4.69) is 15.9 Å². The number of esters is 1. The van der Waals surface area contributed by atoms with E-state index in [1.807, 2.05) is 38.1 Å². The second-order valence-corrected chi connectivity index (χ2v) is 4.59. The Morgan fingerprint density at radius 2 is 1.94 bits per heavy atom. The smallest absolute Gasteiger partial charge is 0.347 e. The zero-order valence-electron chi connectivity index (χ0n) is 9.57. The number of carbonyl (C=O) groups excluding carboxylic acids is 1. The summed E-state index contributed by atoms with van der Waals surface area (Å²) in [6.07, 6.45) is -0.580. The molecule has 0 saturated heterocycles.